The number of hydrogen-bond donors (Lipinski definition) is 2. The molecule has 3 N–H and O–H groups in total. The van der Waals surface area contributed by atoms with Crippen LogP contribution in [0.15, 0.2) is 60.9 Å². The summed E-state index contributed by atoms with van der Waals surface area (Å²) in [5, 5.41) is 3.98. The van der Waals surface area contributed by atoms with Crippen LogP contribution in [0.3, 0.4) is 0 Å². The predicted octanol–water partition coefficient (Wildman–Crippen LogP) is 5.48. The molecule has 0 unspecified atom stereocenters. The van der Waals surface area contributed by atoms with Crippen molar-refractivity contribution in [3.63, 3.8) is 0 Å². The van der Waals surface area contributed by atoms with Crippen molar-refractivity contribution >= 4 is 36.4 Å². The molecule has 0 saturated heterocycles. The van der Waals surface area contributed by atoms with E-state index >= 15 is 0 Å². The average Bonchev–Trinajstić information content (AvgIpc) is 3.18. The van der Waals surface area contributed by atoms with E-state index in [1.807, 2.05) is 43.3 Å². The van der Waals surface area contributed by atoms with E-state index in [4.69, 9.17) is 10.5 Å². The molecule has 0 aliphatic carbocycles. The fourth-order valence-corrected chi connectivity index (χ4v) is 4.60. The van der Waals surface area contributed by atoms with E-state index in [1.165, 1.54) is 0 Å². The van der Waals surface area contributed by atoms with E-state index < -0.39 is 8.07 Å². The highest BCUT2D eigenvalue weighted by atomic mass is 28.3. The van der Waals surface area contributed by atoms with Gasteiger partial charge in [-0.05, 0) is 54.4 Å². The smallest absolute Gasteiger partial charge is 0.228 e. The molecule has 0 aliphatic heterocycles. The summed E-state index contributed by atoms with van der Waals surface area (Å²) in [5.41, 5.74) is 11.9. The minimum atomic E-state index is -1.17. The number of nitrogens with zero attached hydrogens (tertiary/aromatic N) is 3. The molecule has 2 heterocycles. The maximum Gasteiger partial charge on any atom is 0.228 e. The first-order valence-electron chi connectivity index (χ1n) is 11.8. The van der Waals surface area contributed by atoms with Gasteiger partial charge in [-0.1, -0.05) is 43.9 Å². The van der Waals surface area contributed by atoms with Crippen molar-refractivity contribution in [3.05, 3.63) is 72.2 Å². The molecule has 0 aliphatic rings. The zero-order valence-corrected chi connectivity index (χ0v) is 21.8. The molecule has 4 aromatic rings. The zero-order chi connectivity index (χ0) is 25.0. The van der Waals surface area contributed by atoms with Gasteiger partial charge in [-0.3, -0.25) is 4.79 Å². The Morgan fingerprint density at radius 2 is 1.77 bits per heavy atom. The van der Waals surface area contributed by atoms with Crippen LogP contribution in [0.5, 0.6) is 0 Å². The van der Waals surface area contributed by atoms with Crippen LogP contribution in [0.1, 0.15) is 11.3 Å². The van der Waals surface area contributed by atoms with Crippen LogP contribution in [0, 0.1) is 6.92 Å². The Balaban J connectivity index is 1.51. The van der Waals surface area contributed by atoms with Gasteiger partial charge in [0.25, 0.3) is 0 Å². The Hall–Kier alpha value is -3.49. The van der Waals surface area contributed by atoms with Crippen LogP contribution < -0.4 is 11.1 Å². The van der Waals surface area contributed by atoms with Crippen molar-refractivity contribution in [1.29, 1.82) is 0 Å². The minimum Gasteiger partial charge on any atom is -0.399 e. The highest BCUT2D eigenvalue weighted by Gasteiger charge is 2.16. The molecule has 0 radical (unpaired) electrons. The molecular weight excluding hydrogens is 454 g/mol. The number of hydrogen-bond acceptors (Lipinski definition) is 5. The van der Waals surface area contributed by atoms with Gasteiger partial charge >= 0.3 is 0 Å². The van der Waals surface area contributed by atoms with E-state index in [0.717, 1.165) is 51.9 Å². The van der Waals surface area contributed by atoms with Crippen molar-refractivity contribution < 1.29 is 9.53 Å². The Labute approximate surface area is 207 Å². The second kappa shape index (κ2) is 10.4. The average molecular weight is 488 g/mol. The zero-order valence-electron chi connectivity index (χ0n) is 20.8. The lowest BCUT2D eigenvalue weighted by atomic mass is 10.1. The van der Waals surface area contributed by atoms with E-state index in [9.17, 15) is 4.79 Å². The summed E-state index contributed by atoms with van der Waals surface area (Å²) in [7, 11) is -1.17. The minimum absolute atomic E-state index is 0.0710. The second-order valence-corrected chi connectivity index (χ2v) is 15.7. The molecule has 2 aromatic carbocycles. The lowest BCUT2D eigenvalue weighted by Gasteiger charge is -2.17. The standard InChI is InChI=1S/C27H33N5O2Si/c1-19-24-16-25(32(27(24)30-17-29-19)18-34-13-14-35(2,3)4)21-7-11-23(12-8-21)31-26(33)15-20-5-9-22(28)10-6-20/h5-12,16-17H,13-15,18,28H2,1-4H3,(H,31,33). The number of ether oxygens (including phenoxy) is 1. The van der Waals surface area contributed by atoms with Crippen LogP contribution in [0.4, 0.5) is 11.4 Å². The first kappa shape index (κ1) is 24.6. The first-order valence-corrected chi connectivity index (χ1v) is 15.5. The number of aryl methyl sites for hydroxylation is 1. The molecule has 0 spiro atoms. The van der Waals surface area contributed by atoms with Gasteiger partial charge in [0, 0.05) is 31.4 Å². The van der Waals surface area contributed by atoms with Gasteiger partial charge in [-0.15, -0.1) is 0 Å². The highest BCUT2D eigenvalue weighted by molar-refractivity contribution is 6.76. The van der Waals surface area contributed by atoms with E-state index in [-0.39, 0.29) is 5.91 Å². The molecule has 2 aromatic heterocycles. The molecule has 0 saturated carbocycles. The topological polar surface area (TPSA) is 95.1 Å². The molecule has 8 heteroatoms. The van der Waals surface area contributed by atoms with Crippen molar-refractivity contribution in [2.24, 2.45) is 0 Å². The summed E-state index contributed by atoms with van der Waals surface area (Å²) >= 11 is 0. The number of amides is 1. The van der Waals surface area contributed by atoms with Crippen LogP contribution in [0.25, 0.3) is 22.3 Å². The number of carbonyl (C=O) groups is 1. The van der Waals surface area contributed by atoms with Gasteiger partial charge in [0.15, 0.2) is 0 Å². The molecule has 0 bridgehead atoms. The summed E-state index contributed by atoms with van der Waals surface area (Å²) in [5.74, 6) is -0.0710. The van der Waals surface area contributed by atoms with Crippen molar-refractivity contribution in [2.45, 2.75) is 45.8 Å². The number of nitrogens with two attached hydrogens (primary N) is 1. The molecule has 0 atom stereocenters. The second-order valence-electron chi connectivity index (χ2n) is 10.0. The maximum atomic E-state index is 12.5. The first-order chi connectivity index (χ1) is 16.7. The van der Waals surface area contributed by atoms with Crippen LogP contribution >= 0.6 is 0 Å². The molecule has 7 nitrogen and oxygen atoms in total. The molecule has 35 heavy (non-hydrogen) atoms. The monoisotopic (exact) mass is 487 g/mol. The maximum absolute atomic E-state index is 12.5. The summed E-state index contributed by atoms with van der Waals surface area (Å²) in [6.45, 7) is 10.2. The quantitative estimate of drug-likeness (QED) is 0.185. The van der Waals surface area contributed by atoms with Gasteiger partial charge in [0.1, 0.15) is 18.7 Å². The fraction of sp³-hybridized carbons (Fsp3) is 0.296. The number of aromatic nitrogens is 3. The van der Waals surface area contributed by atoms with Gasteiger partial charge in [-0.25, -0.2) is 9.97 Å². The van der Waals surface area contributed by atoms with E-state index in [0.29, 0.717) is 18.8 Å². The Kier molecular flexibility index (Phi) is 7.33. The summed E-state index contributed by atoms with van der Waals surface area (Å²) in [6.07, 6.45) is 1.89. The number of carbonyl (C=O) groups excluding carboxylic acids is 1. The van der Waals surface area contributed by atoms with Gasteiger partial charge in [-0.2, -0.15) is 0 Å². The van der Waals surface area contributed by atoms with Crippen molar-refractivity contribution in [3.8, 4) is 11.3 Å². The van der Waals surface area contributed by atoms with Crippen molar-refractivity contribution in [2.75, 3.05) is 17.7 Å². The van der Waals surface area contributed by atoms with E-state index in [1.54, 1.807) is 18.5 Å². The summed E-state index contributed by atoms with van der Waals surface area (Å²) in [4.78, 5) is 21.4. The Bertz CT molecular complexity index is 1310. The van der Waals surface area contributed by atoms with Gasteiger partial charge < -0.3 is 20.4 Å². The Morgan fingerprint density at radius 1 is 1.06 bits per heavy atom. The molecular formula is C27H33N5O2Si. The molecule has 182 valence electrons. The summed E-state index contributed by atoms with van der Waals surface area (Å²) < 4.78 is 8.18. The molecule has 4 rings (SSSR count). The number of anilines is 2. The third-order valence-corrected chi connectivity index (χ3v) is 7.62. The number of nitrogens with one attached hydrogen (secondary N) is 1. The van der Waals surface area contributed by atoms with Crippen LogP contribution in [0.2, 0.25) is 25.7 Å². The molecule has 1 amide bonds. The van der Waals surface area contributed by atoms with Crippen LogP contribution in [-0.4, -0.2) is 35.1 Å². The number of rotatable bonds is 9. The Morgan fingerprint density at radius 3 is 2.46 bits per heavy atom. The van der Waals surface area contributed by atoms with Gasteiger partial charge in [0.05, 0.1) is 17.8 Å². The normalized spacial score (nSPS) is 11.7. The van der Waals surface area contributed by atoms with E-state index in [2.05, 4.69) is 45.6 Å². The van der Waals surface area contributed by atoms with Crippen molar-refractivity contribution in [1.82, 2.24) is 14.5 Å². The van der Waals surface area contributed by atoms with Gasteiger partial charge in [0.2, 0.25) is 5.91 Å². The largest absolute Gasteiger partial charge is 0.399 e. The highest BCUT2D eigenvalue weighted by Crippen LogP contribution is 2.29. The number of nitrogen functional groups attached to an aromatic ring is 1. The fourth-order valence-electron chi connectivity index (χ4n) is 3.84. The lowest BCUT2D eigenvalue weighted by molar-refractivity contribution is -0.115. The van der Waals surface area contributed by atoms with Crippen LogP contribution in [-0.2, 0) is 22.7 Å². The number of fused-ring (bicyclic) bond motifs is 1. The third kappa shape index (κ3) is 6.35. The summed E-state index contributed by atoms with van der Waals surface area (Å²) in [6, 6.07) is 18.4. The predicted molar refractivity (Wildman–Crippen MR) is 145 cm³/mol. The lowest BCUT2D eigenvalue weighted by Crippen LogP contribution is -2.22. The number of benzene rings is 2. The third-order valence-electron chi connectivity index (χ3n) is 5.92. The molecule has 0 fully saturated rings. The SMILES string of the molecule is Cc1ncnc2c1cc(-c1ccc(NC(=O)Cc3ccc(N)cc3)cc1)n2COCC[Si](C)(C)C.